The average molecular weight is 285 g/mol. The molecule has 1 atom stereocenters. The quantitative estimate of drug-likeness (QED) is 0.844. The van der Waals surface area contributed by atoms with Crippen molar-refractivity contribution >= 4 is 0 Å². The molecule has 2 heteroatoms. The second-order valence-electron chi connectivity index (χ2n) is 5.89. The fourth-order valence-electron chi connectivity index (χ4n) is 2.85. The highest BCUT2D eigenvalue weighted by Gasteiger charge is 2.12. The molecule has 0 aliphatic heterocycles. The summed E-state index contributed by atoms with van der Waals surface area (Å²) in [6, 6.07) is 13.7. The van der Waals surface area contributed by atoms with Gasteiger partial charge in [-0.1, -0.05) is 35.9 Å². The number of hydrogen-bond donors (Lipinski definition) is 1. The molecular formula is C19H24FN. The molecule has 0 amide bonds. The Morgan fingerprint density at radius 1 is 1.05 bits per heavy atom. The van der Waals surface area contributed by atoms with Crippen molar-refractivity contribution < 1.29 is 4.39 Å². The molecule has 0 fully saturated rings. The third-order valence-corrected chi connectivity index (χ3v) is 3.92. The lowest BCUT2D eigenvalue weighted by atomic mass is 9.90. The normalized spacial score (nSPS) is 12.4. The first-order valence-electron chi connectivity index (χ1n) is 7.53. The standard InChI is InChI=1S/C19H24FN/c1-14-5-4-6-16(9-14)10-17(13-21-3)11-18-12-19(20)8-7-15(18)2/h4-9,12,17,21H,10-11,13H2,1-3H3. The predicted molar refractivity (Wildman–Crippen MR) is 87.1 cm³/mol. The Bertz CT molecular complexity index is 592. The zero-order valence-corrected chi connectivity index (χ0v) is 13.1. The maximum absolute atomic E-state index is 13.4. The minimum atomic E-state index is -0.144. The van der Waals surface area contributed by atoms with Crippen molar-refractivity contribution in [1.82, 2.24) is 5.32 Å². The molecule has 1 nitrogen and oxygen atoms in total. The zero-order valence-electron chi connectivity index (χ0n) is 13.1. The van der Waals surface area contributed by atoms with Crippen LogP contribution in [0.2, 0.25) is 0 Å². The van der Waals surface area contributed by atoms with E-state index in [1.165, 1.54) is 22.8 Å². The van der Waals surface area contributed by atoms with Gasteiger partial charge in [-0.25, -0.2) is 4.39 Å². The second-order valence-corrected chi connectivity index (χ2v) is 5.89. The number of halogens is 1. The topological polar surface area (TPSA) is 12.0 Å². The van der Waals surface area contributed by atoms with Gasteiger partial charge >= 0.3 is 0 Å². The second kappa shape index (κ2) is 7.37. The molecule has 0 saturated carbocycles. The first kappa shape index (κ1) is 15.7. The van der Waals surface area contributed by atoms with Crippen molar-refractivity contribution in [3.8, 4) is 0 Å². The molecule has 112 valence electrons. The van der Waals surface area contributed by atoms with Crippen molar-refractivity contribution in [2.24, 2.45) is 5.92 Å². The molecule has 0 aliphatic rings. The number of nitrogens with one attached hydrogen (secondary N) is 1. The van der Waals surface area contributed by atoms with Gasteiger partial charge in [-0.2, -0.15) is 0 Å². The van der Waals surface area contributed by atoms with Crippen LogP contribution in [0, 0.1) is 25.6 Å². The fraction of sp³-hybridized carbons (Fsp3) is 0.368. The van der Waals surface area contributed by atoms with Crippen molar-refractivity contribution in [2.45, 2.75) is 26.7 Å². The maximum atomic E-state index is 13.4. The summed E-state index contributed by atoms with van der Waals surface area (Å²) >= 11 is 0. The van der Waals surface area contributed by atoms with E-state index < -0.39 is 0 Å². The third-order valence-electron chi connectivity index (χ3n) is 3.92. The van der Waals surface area contributed by atoms with Gasteiger partial charge < -0.3 is 5.32 Å². The molecule has 1 N–H and O–H groups in total. The Morgan fingerprint density at radius 2 is 1.86 bits per heavy atom. The number of aryl methyl sites for hydroxylation is 2. The van der Waals surface area contributed by atoms with Gasteiger partial charge in [0.1, 0.15) is 5.82 Å². The van der Waals surface area contributed by atoms with Crippen LogP contribution in [0.15, 0.2) is 42.5 Å². The summed E-state index contributed by atoms with van der Waals surface area (Å²) < 4.78 is 13.4. The van der Waals surface area contributed by atoms with E-state index in [0.717, 1.165) is 24.9 Å². The minimum absolute atomic E-state index is 0.144. The molecule has 0 bridgehead atoms. The van der Waals surface area contributed by atoms with E-state index in [9.17, 15) is 4.39 Å². The number of hydrogen-bond acceptors (Lipinski definition) is 1. The monoisotopic (exact) mass is 285 g/mol. The molecule has 0 spiro atoms. The SMILES string of the molecule is CNCC(Cc1cccc(C)c1)Cc1cc(F)ccc1C. The van der Waals surface area contributed by atoms with Crippen LogP contribution in [0.4, 0.5) is 4.39 Å². The van der Waals surface area contributed by atoms with E-state index >= 15 is 0 Å². The molecule has 0 aliphatic carbocycles. The van der Waals surface area contributed by atoms with Crippen LogP contribution in [0.3, 0.4) is 0 Å². The van der Waals surface area contributed by atoms with Crippen LogP contribution in [-0.2, 0) is 12.8 Å². The molecular weight excluding hydrogens is 261 g/mol. The highest BCUT2D eigenvalue weighted by Crippen LogP contribution is 2.19. The Kier molecular flexibility index (Phi) is 5.51. The van der Waals surface area contributed by atoms with E-state index in [4.69, 9.17) is 0 Å². The van der Waals surface area contributed by atoms with E-state index in [-0.39, 0.29) is 5.82 Å². The third kappa shape index (κ3) is 4.68. The number of benzene rings is 2. The van der Waals surface area contributed by atoms with Gasteiger partial charge in [0.25, 0.3) is 0 Å². The smallest absolute Gasteiger partial charge is 0.123 e. The Hall–Kier alpha value is -1.67. The van der Waals surface area contributed by atoms with Gasteiger partial charge in [0.2, 0.25) is 0 Å². The van der Waals surface area contributed by atoms with E-state index in [1.807, 2.05) is 13.1 Å². The Labute approximate surface area is 127 Å². The van der Waals surface area contributed by atoms with Crippen molar-refractivity contribution in [3.63, 3.8) is 0 Å². The lowest BCUT2D eigenvalue weighted by molar-refractivity contribution is 0.490. The van der Waals surface area contributed by atoms with E-state index in [2.05, 4.69) is 43.4 Å². The van der Waals surface area contributed by atoms with Crippen molar-refractivity contribution in [2.75, 3.05) is 13.6 Å². The van der Waals surface area contributed by atoms with Gasteiger partial charge in [0, 0.05) is 0 Å². The molecule has 0 saturated heterocycles. The molecule has 0 heterocycles. The Balaban J connectivity index is 2.13. The lowest BCUT2D eigenvalue weighted by Gasteiger charge is -2.18. The van der Waals surface area contributed by atoms with Crippen molar-refractivity contribution in [1.29, 1.82) is 0 Å². The highest BCUT2D eigenvalue weighted by atomic mass is 19.1. The van der Waals surface area contributed by atoms with Crippen LogP contribution in [0.25, 0.3) is 0 Å². The minimum Gasteiger partial charge on any atom is -0.319 e. The molecule has 2 aromatic carbocycles. The summed E-state index contributed by atoms with van der Waals surface area (Å²) in [5, 5.41) is 3.26. The number of rotatable bonds is 6. The molecule has 1 unspecified atom stereocenters. The van der Waals surface area contributed by atoms with Gasteiger partial charge in [0.05, 0.1) is 0 Å². The van der Waals surface area contributed by atoms with Crippen LogP contribution >= 0.6 is 0 Å². The zero-order chi connectivity index (χ0) is 15.2. The van der Waals surface area contributed by atoms with Gasteiger partial charge in [-0.05, 0) is 75.0 Å². The van der Waals surface area contributed by atoms with Gasteiger partial charge in [-0.3, -0.25) is 0 Å². The van der Waals surface area contributed by atoms with Crippen LogP contribution in [0.5, 0.6) is 0 Å². The Morgan fingerprint density at radius 3 is 2.57 bits per heavy atom. The molecule has 2 aromatic rings. The fourth-order valence-corrected chi connectivity index (χ4v) is 2.85. The molecule has 0 aromatic heterocycles. The maximum Gasteiger partial charge on any atom is 0.123 e. The van der Waals surface area contributed by atoms with Crippen LogP contribution < -0.4 is 5.32 Å². The highest BCUT2D eigenvalue weighted by molar-refractivity contribution is 5.28. The molecule has 0 radical (unpaired) electrons. The summed E-state index contributed by atoms with van der Waals surface area (Å²) in [5.74, 6) is 0.326. The summed E-state index contributed by atoms with van der Waals surface area (Å²) in [6.45, 7) is 5.11. The van der Waals surface area contributed by atoms with Crippen molar-refractivity contribution in [3.05, 3.63) is 70.5 Å². The first-order chi connectivity index (χ1) is 10.1. The van der Waals surface area contributed by atoms with E-state index in [0.29, 0.717) is 5.92 Å². The molecule has 21 heavy (non-hydrogen) atoms. The summed E-state index contributed by atoms with van der Waals surface area (Å²) in [5.41, 5.74) is 4.92. The summed E-state index contributed by atoms with van der Waals surface area (Å²) in [6.07, 6.45) is 1.91. The predicted octanol–water partition coefficient (Wildman–Crippen LogP) is 4.06. The van der Waals surface area contributed by atoms with Gasteiger partial charge in [-0.15, -0.1) is 0 Å². The van der Waals surface area contributed by atoms with Crippen LogP contribution in [-0.4, -0.2) is 13.6 Å². The van der Waals surface area contributed by atoms with Gasteiger partial charge in [0.15, 0.2) is 0 Å². The van der Waals surface area contributed by atoms with E-state index in [1.54, 1.807) is 6.07 Å². The largest absolute Gasteiger partial charge is 0.319 e. The van der Waals surface area contributed by atoms with Crippen LogP contribution in [0.1, 0.15) is 22.3 Å². The first-order valence-corrected chi connectivity index (χ1v) is 7.53. The lowest BCUT2D eigenvalue weighted by Crippen LogP contribution is -2.23. The average Bonchev–Trinajstić information content (AvgIpc) is 2.43. The summed E-state index contributed by atoms with van der Waals surface area (Å²) in [7, 11) is 1.97. The summed E-state index contributed by atoms with van der Waals surface area (Å²) in [4.78, 5) is 0. The molecule has 2 rings (SSSR count).